The molecular formula is C51H86O4. The van der Waals surface area contributed by atoms with Crippen LogP contribution >= 0.6 is 0 Å². The van der Waals surface area contributed by atoms with E-state index in [9.17, 15) is 9.90 Å². The molecular weight excluding hydrogens is 677 g/mol. The van der Waals surface area contributed by atoms with E-state index in [1.54, 1.807) is 0 Å². The minimum Gasteiger partial charge on any atom is -0.457 e. The van der Waals surface area contributed by atoms with Crippen LogP contribution in [0.5, 0.6) is 0 Å². The highest BCUT2D eigenvalue weighted by Gasteiger charge is 2.13. The molecule has 0 aromatic heterocycles. The van der Waals surface area contributed by atoms with Crippen LogP contribution in [0, 0.1) is 0 Å². The summed E-state index contributed by atoms with van der Waals surface area (Å²) in [5, 5.41) is 9.62. The molecule has 0 radical (unpaired) electrons. The molecule has 1 atom stereocenters. The number of allylic oxidation sites excluding steroid dienone is 16. The van der Waals surface area contributed by atoms with Crippen LogP contribution in [0.4, 0.5) is 0 Å². The van der Waals surface area contributed by atoms with Crippen molar-refractivity contribution in [2.75, 3.05) is 19.8 Å². The van der Waals surface area contributed by atoms with Crippen LogP contribution < -0.4 is 0 Å². The van der Waals surface area contributed by atoms with Gasteiger partial charge in [-0.2, -0.15) is 0 Å². The van der Waals surface area contributed by atoms with Crippen LogP contribution in [0.1, 0.15) is 194 Å². The van der Waals surface area contributed by atoms with E-state index < -0.39 is 6.10 Å². The molecule has 1 unspecified atom stereocenters. The molecule has 0 heterocycles. The van der Waals surface area contributed by atoms with E-state index in [-0.39, 0.29) is 19.2 Å². The number of hydrogen-bond donors (Lipinski definition) is 1. The van der Waals surface area contributed by atoms with Gasteiger partial charge < -0.3 is 14.6 Å². The largest absolute Gasteiger partial charge is 0.457 e. The lowest BCUT2D eigenvalue weighted by Crippen LogP contribution is -2.27. The summed E-state index contributed by atoms with van der Waals surface area (Å²) in [4.78, 5) is 12.2. The van der Waals surface area contributed by atoms with Gasteiger partial charge in [0.2, 0.25) is 0 Å². The van der Waals surface area contributed by atoms with E-state index in [0.29, 0.717) is 13.0 Å². The summed E-state index contributed by atoms with van der Waals surface area (Å²) < 4.78 is 11.2. The third kappa shape index (κ3) is 45.6. The normalized spacial score (nSPS) is 13.3. The fraction of sp³-hybridized carbons (Fsp3) is 0.667. The predicted molar refractivity (Wildman–Crippen MR) is 242 cm³/mol. The molecule has 0 aromatic rings. The highest BCUT2D eigenvalue weighted by atomic mass is 16.6. The van der Waals surface area contributed by atoms with Crippen LogP contribution in [0.3, 0.4) is 0 Å². The first-order valence-electron chi connectivity index (χ1n) is 22.8. The lowest BCUT2D eigenvalue weighted by Gasteiger charge is -2.15. The van der Waals surface area contributed by atoms with Crippen molar-refractivity contribution in [1.29, 1.82) is 0 Å². The predicted octanol–water partition coefficient (Wildman–Crippen LogP) is 15.3. The highest BCUT2D eigenvalue weighted by Crippen LogP contribution is 2.12. The molecule has 0 aliphatic rings. The molecule has 314 valence electrons. The topological polar surface area (TPSA) is 55.8 Å². The third-order valence-corrected chi connectivity index (χ3v) is 9.39. The Morgan fingerprint density at radius 3 is 1.25 bits per heavy atom. The second-order valence-electron chi connectivity index (χ2n) is 14.7. The number of esters is 1. The average Bonchev–Trinajstić information content (AvgIpc) is 3.19. The van der Waals surface area contributed by atoms with Gasteiger partial charge in [0.15, 0.2) is 0 Å². The molecule has 0 bridgehead atoms. The number of unbranched alkanes of at least 4 members (excludes halogenated alkanes) is 17. The van der Waals surface area contributed by atoms with Crippen molar-refractivity contribution in [2.45, 2.75) is 200 Å². The second kappa shape index (κ2) is 47.5. The Morgan fingerprint density at radius 2 is 0.818 bits per heavy atom. The van der Waals surface area contributed by atoms with Crippen molar-refractivity contribution in [3.8, 4) is 0 Å². The number of hydrogen-bond acceptors (Lipinski definition) is 4. The minimum absolute atomic E-state index is 0.192. The van der Waals surface area contributed by atoms with Crippen molar-refractivity contribution in [3.05, 3.63) is 97.2 Å². The van der Waals surface area contributed by atoms with Gasteiger partial charge in [-0.1, -0.05) is 188 Å². The van der Waals surface area contributed by atoms with E-state index >= 15 is 0 Å². The number of carbonyl (C=O) groups is 1. The number of aliphatic hydroxyl groups is 1. The molecule has 1 N–H and O–H groups in total. The SMILES string of the molecule is CC/C=C\C/C=C\C/C=C\C/C=C\C/C=C\C/C=C\C/C=C\CCCCCC(=O)OC(CO)COCCCCCCCCCC/C=C\CCCCCCCC. The molecule has 4 nitrogen and oxygen atoms in total. The summed E-state index contributed by atoms with van der Waals surface area (Å²) in [6.07, 6.45) is 67.6. The quantitative estimate of drug-likeness (QED) is 0.0383. The summed E-state index contributed by atoms with van der Waals surface area (Å²) in [6, 6.07) is 0. The number of aliphatic hydroxyl groups excluding tert-OH is 1. The zero-order valence-corrected chi connectivity index (χ0v) is 35.9. The van der Waals surface area contributed by atoms with Gasteiger partial charge in [-0.3, -0.25) is 4.79 Å². The smallest absolute Gasteiger partial charge is 0.306 e. The van der Waals surface area contributed by atoms with Gasteiger partial charge >= 0.3 is 5.97 Å². The van der Waals surface area contributed by atoms with Crippen LogP contribution in [0.15, 0.2) is 97.2 Å². The summed E-state index contributed by atoms with van der Waals surface area (Å²) >= 11 is 0. The lowest BCUT2D eigenvalue weighted by molar-refractivity contribution is -0.154. The molecule has 0 fully saturated rings. The number of rotatable bonds is 41. The lowest BCUT2D eigenvalue weighted by atomic mass is 10.1. The molecule has 4 heteroatoms. The monoisotopic (exact) mass is 763 g/mol. The Labute approximate surface area is 341 Å². The van der Waals surface area contributed by atoms with Gasteiger partial charge in [0, 0.05) is 13.0 Å². The fourth-order valence-corrected chi connectivity index (χ4v) is 6.01. The fourth-order valence-electron chi connectivity index (χ4n) is 6.01. The molecule has 0 aliphatic carbocycles. The minimum atomic E-state index is -0.560. The van der Waals surface area contributed by atoms with E-state index in [2.05, 4.69) is 111 Å². The maximum absolute atomic E-state index is 12.2. The van der Waals surface area contributed by atoms with Crippen LogP contribution in [0.25, 0.3) is 0 Å². The molecule has 0 saturated heterocycles. The Bertz CT molecular complexity index is 1030. The zero-order chi connectivity index (χ0) is 39.8. The maximum Gasteiger partial charge on any atom is 0.306 e. The maximum atomic E-state index is 12.2. The average molecular weight is 763 g/mol. The third-order valence-electron chi connectivity index (χ3n) is 9.39. The van der Waals surface area contributed by atoms with Gasteiger partial charge in [-0.25, -0.2) is 0 Å². The standard InChI is InChI=1S/C51H86O4/c1-3-5-7-9-11-13-15-17-19-21-23-24-25-26-27-28-29-30-32-34-36-38-40-42-44-46-51(53)55-50(48-52)49-54-47-45-43-41-39-37-35-33-31-22-20-18-16-14-12-10-8-6-4-2/h5,7,11,13,17-20,23-24,26-27,29-30,34,36,50,52H,3-4,6,8-10,12,14-16,21-22,25,28,31-33,35,37-49H2,1-2H3/b7-5-,13-11-,19-17-,20-18-,24-23-,27-26-,30-29-,36-34-. The van der Waals surface area contributed by atoms with Gasteiger partial charge in [-0.15, -0.1) is 0 Å². The highest BCUT2D eigenvalue weighted by molar-refractivity contribution is 5.69. The van der Waals surface area contributed by atoms with Crippen molar-refractivity contribution in [3.63, 3.8) is 0 Å². The zero-order valence-electron chi connectivity index (χ0n) is 35.9. The van der Waals surface area contributed by atoms with Gasteiger partial charge in [-0.05, 0) is 96.3 Å². The van der Waals surface area contributed by atoms with Crippen LogP contribution in [-0.2, 0) is 14.3 Å². The first-order valence-corrected chi connectivity index (χ1v) is 22.8. The van der Waals surface area contributed by atoms with Crippen molar-refractivity contribution >= 4 is 5.97 Å². The number of ether oxygens (including phenoxy) is 2. The molecule has 0 rings (SSSR count). The van der Waals surface area contributed by atoms with E-state index in [1.807, 2.05) is 0 Å². The van der Waals surface area contributed by atoms with E-state index in [0.717, 1.165) is 77.0 Å². The van der Waals surface area contributed by atoms with E-state index in [1.165, 1.54) is 96.3 Å². The molecule has 0 aromatic carbocycles. The summed E-state index contributed by atoms with van der Waals surface area (Å²) in [6.45, 7) is 5.18. The van der Waals surface area contributed by atoms with Crippen LogP contribution in [-0.4, -0.2) is 37.0 Å². The second-order valence-corrected chi connectivity index (χ2v) is 14.7. The Kier molecular flexibility index (Phi) is 45.1. The Morgan fingerprint density at radius 1 is 0.455 bits per heavy atom. The van der Waals surface area contributed by atoms with Crippen LogP contribution in [0.2, 0.25) is 0 Å². The van der Waals surface area contributed by atoms with E-state index in [4.69, 9.17) is 9.47 Å². The van der Waals surface area contributed by atoms with Crippen molar-refractivity contribution < 1.29 is 19.4 Å². The first-order chi connectivity index (χ1) is 27.2. The molecule has 55 heavy (non-hydrogen) atoms. The molecule has 0 amide bonds. The Hall–Kier alpha value is -2.69. The summed E-state index contributed by atoms with van der Waals surface area (Å²) in [7, 11) is 0. The molecule has 0 spiro atoms. The molecule has 0 saturated carbocycles. The van der Waals surface area contributed by atoms with Gasteiger partial charge in [0.25, 0.3) is 0 Å². The van der Waals surface area contributed by atoms with Gasteiger partial charge in [0.05, 0.1) is 13.2 Å². The number of carbonyl (C=O) groups excluding carboxylic acids is 1. The van der Waals surface area contributed by atoms with Gasteiger partial charge in [0.1, 0.15) is 6.10 Å². The first kappa shape index (κ1) is 52.3. The summed E-state index contributed by atoms with van der Waals surface area (Å²) in [5.74, 6) is -0.236. The van der Waals surface area contributed by atoms with Crippen molar-refractivity contribution in [2.24, 2.45) is 0 Å². The Balaban J connectivity index is 3.57. The van der Waals surface area contributed by atoms with Crippen molar-refractivity contribution in [1.82, 2.24) is 0 Å². The molecule has 0 aliphatic heterocycles. The summed E-state index contributed by atoms with van der Waals surface area (Å²) in [5.41, 5.74) is 0.